The SMILES string of the molecule is COc1ccc(Cl)cc1-c1nnc(C(C)O)o1. The zero-order valence-corrected chi connectivity index (χ0v) is 10.1. The van der Waals surface area contributed by atoms with Crippen LogP contribution in [-0.2, 0) is 0 Å². The molecule has 1 aromatic carbocycles. The fourth-order valence-electron chi connectivity index (χ4n) is 1.36. The molecule has 2 aromatic rings. The third-order valence-corrected chi connectivity index (χ3v) is 2.43. The Morgan fingerprint density at radius 3 is 2.76 bits per heavy atom. The number of hydrogen-bond donors (Lipinski definition) is 1. The van der Waals surface area contributed by atoms with E-state index in [0.29, 0.717) is 16.3 Å². The topological polar surface area (TPSA) is 68.4 Å². The Hall–Kier alpha value is -1.59. The van der Waals surface area contributed by atoms with E-state index in [2.05, 4.69) is 10.2 Å². The van der Waals surface area contributed by atoms with Crippen LogP contribution in [0.5, 0.6) is 5.75 Å². The van der Waals surface area contributed by atoms with Gasteiger partial charge in [-0.1, -0.05) is 11.6 Å². The van der Waals surface area contributed by atoms with E-state index < -0.39 is 6.10 Å². The first kappa shape index (κ1) is 11.9. The third kappa shape index (κ3) is 2.40. The Kier molecular flexibility index (Phi) is 3.31. The fraction of sp³-hybridized carbons (Fsp3) is 0.273. The van der Waals surface area contributed by atoms with E-state index in [4.69, 9.17) is 20.8 Å². The van der Waals surface area contributed by atoms with Gasteiger partial charge in [-0.3, -0.25) is 0 Å². The molecule has 0 aliphatic carbocycles. The van der Waals surface area contributed by atoms with Gasteiger partial charge in [0, 0.05) is 5.02 Å². The number of methoxy groups -OCH3 is 1. The van der Waals surface area contributed by atoms with Gasteiger partial charge in [-0.05, 0) is 25.1 Å². The van der Waals surface area contributed by atoms with Crippen molar-refractivity contribution in [3.8, 4) is 17.2 Å². The molecular formula is C11H11ClN2O3. The predicted octanol–water partition coefficient (Wildman–Crippen LogP) is 2.45. The lowest BCUT2D eigenvalue weighted by atomic mass is 10.2. The summed E-state index contributed by atoms with van der Waals surface area (Å²) in [4.78, 5) is 0. The number of halogens is 1. The molecule has 0 spiro atoms. The van der Waals surface area contributed by atoms with Crippen LogP contribution in [0.1, 0.15) is 18.9 Å². The van der Waals surface area contributed by atoms with Crippen LogP contribution in [0, 0.1) is 0 Å². The molecule has 90 valence electrons. The zero-order valence-electron chi connectivity index (χ0n) is 9.35. The van der Waals surface area contributed by atoms with Crippen LogP contribution in [-0.4, -0.2) is 22.4 Å². The average Bonchev–Trinajstić information content (AvgIpc) is 2.78. The van der Waals surface area contributed by atoms with E-state index >= 15 is 0 Å². The van der Waals surface area contributed by atoms with E-state index in [1.165, 1.54) is 0 Å². The van der Waals surface area contributed by atoms with E-state index in [0.717, 1.165) is 0 Å². The van der Waals surface area contributed by atoms with E-state index in [1.807, 2.05) is 0 Å². The van der Waals surface area contributed by atoms with Gasteiger partial charge < -0.3 is 14.3 Å². The summed E-state index contributed by atoms with van der Waals surface area (Å²) in [5.74, 6) is 0.998. The fourth-order valence-corrected chi connectivity index (χ4v) is 1.53. The van der Waals surface area contributed by atoms with Crippen molar-refractivity contribution in [3.05, 3.63) is 29.1 Å². The molecule has 2 rings (SSSR count). The van der Waals surface area contributed by atoms with Gasteiger partial charge in [0.1, 0.15) is 11.9 Å². The molecule has 0 fully saturated rings. The molecule has 5 nitrogen and oxygen atoms in total. The van der Waals surface area contributed by atoms with Crippen LogP contribution >= 0.6 is 11.6 Å². The number of aliphatic hydroxyl groups is 1. The van der Waals surface area contributed by atoms with Crippen LogP contribution in [0.4, 0.5) is 0 Å². The van der Waals surface area contributed by atoms with Gasteiger partial charge in [0.15, 0.2) is 0 Å². The number of aromatic nitrogens is 2. The molecule has 6 heteroatoms. The number of rotatable bonds is 3. The minimum Gasteiger partial charge on any atom is -0.496 e. The molecule has 1 N–H and O–H groups in total. The highest BCUT2D eigenvalue weighted by molar-refractivity contribution is 6.30. The Labute approximate surface area is 103 Å². The molecule has 17 heavy (non-hydrogen) atoms. The Bertz CT molecular complexity index is 525. The van der Waals surface area contributed by atoms with Gasteiger partial charge in [-0.2, -0.15) is 0 Å². The molecule has 0 aliphatic rings. The average molecular weight is 255 g/mol. The largest absolute Gasteiger partial charge is 0.496 e. The Morgan fingerprint density at radius 1 is 1.41 bits per heavy atom. The summed E-state index contributed by atoms with van der Waals surface area (Å²) < 4.78 is 10.5. The summed E-state index contributed by atoms with van der Waals surface area (Å²) in [6, 6.07) is 5.08. The first-order valence-electron chi connectivity index (χ1n) is 4.97. The lowest BCUT2D eigenvalue weighted by Crippen LogP contribution is -1.89. The standard InChI is InChI=1S/C11H11ClN2O3/c1-6(15)10-13-14-11(17-10)8-5-7(12)3-4-9(8)16-2/h3-6,15H,1-2H3. The molecule has 1 heterocycles. The smallest absolute Gasteiger partial charge is 0.251 e. The van der Waals surface area contributed by atoms with E-state index in [-0.39, 0.29) is 11.8 Å². The number of ether oxygens (including phenoxy) is 1. The van der Waals surface area contributed by atoms with Crippen molar-refractivity contribution >= 4 is 11.6 Å². The maximum absolute atomic E-state index is 9.31. The summed E-state index contributed by atoms with van der Waals surface area (Å²) >= 11 is 5.90. The van der Waals surface area contributed by atoms with Gasteiger partial charge >= 0.3 is 0 Å². The summed E-state index contributed by atoms with van der Waals surface area (Å²) in [5, 5.41) is 17.4. The van der Waals surface area contributed by atoms with Gasteiger partial charge in [0.05, 0.1) is 12.7 Å². The Balaban J connectivity index is 2.47. The van der Waals surface area contributed by atoms with Crippen molar-refractivity contribution < 1.29 is 14.3 Å². The first-order chi connectivity index (χ1) is 8.11. The number of benzene rings is 1. The highest BCUT2D eigenvalue weighted by Crippen LogP contribution is 2.32. The zero-order chi connectivity index (χ0) is 12.4. The van der Waals surface area contributed by atoms with E-state index in [9.17, 15) is 5.11 Å². The lowest BCUT2D eigenvalue weighted by Gasteiger charge is -2.04. The van der Waals surface area contributed by atoms with Crippen LogP contribution in [0.15, 0.2) is 22.6 Å². The van der Waals surface area contributed by atoms with Crippen molar-refractivity contribution in [2.75, 3.05) is 7.11 Å². The maximum Gasteiger partial charge on any atom is 0.251 e. The molecule has 0 saturated heterocycles. The molecule has 1 aromatic heterocycles. The van der Waals surface area contributed by atoms with Crippen LogP contribution in [0.3, 0.4) is 0 Å². The second kappa shape index (κ2) is 4.73. The summed E-state index contributed by atoms with van der Waals surface area (Å²) in [7, 11) is 1.54. The minimum atomic E-state index is -0.804. The van der Waals surface area contributed by atoms with Gasteiger partial charge in [-0.15, -0.1) is 10.2 Å². The summed E-state index contributed by atoms with van der Waals surface area (Å²) in [6.45, 7) is 1.55. The second-order valence-corrected chi connectivity index (χ2v) is 3.90. The molecule has 1 atom stereocenters. The van der Waals surface area contributed by atoms with Crippen molar-refractivity contribution in [3.63, 3.8) is 0 Å². The molecule has 0 amide bonds. The molecular weight excluding hydrogens is 244 g/mol. The van der Waals surface area contributed by atoms with Crippen LogP contribution in [0.2, 0.25) is 5.02 Å². The van der Waals surface area contributed by atoms with Gasteiger partial charge in [-0.25, -0.2) is 0 Å². The monoisotopic (exact) mass is 254 g/mol. The second-order valence-electron chi connectivity index (χ2n) is 3.47. The minimum absolute atomic E-state index is 0.155. The molecule has 0 saturated carbocycles. The lowest BCUT2D eigenvalue weighted by molar-refractivity contribution is 0.163. The molecule has 1 unspecified atom stereocenters. The maximum atomic E-state index is 9.31. The number of hydrogen-bond acceptors (Lipinski definition) is 5. The third-order valence-electron chi connectivity index (χ3n) is 2.19. The number of nitrogens with zero attached hydrogens (tertiary/aromatic N) is 2. The van der Waals surface area contributed by atoms with Crippen molar-refractivity contribution in [2.24, 2.45) is 0 Å². The van der Waals surface area contributed by atoms with E-state index in [1.54, 1.807) is 32.2 Å². The molecule has 0 bridgehead atoms. The van der Waals surface area contributed by atoms with Crippen LogP contribution in [0.25, 0.3) is 11.5 Å². The van der Waals surface area contributed by atoms with Gasteiger partial charge in [0.2, 0.25) is 5.89 Å². The molecule has 0 aliphatic heterocycles. The highest BCUT2D eigenvalue weighted by atomic mass is 35.5. The van der Waals surface area contributed by atoms with Crippen molar-refractivity contribution in [1.82, 2.24) is 10.2 Å². The summed E-state index contributed by atoms with van der Waals surface area (Å²) in [6.07, 6.45) is -0.804. The normalized spacial score (nSPS) is 12.5. The predicted molar refractivity (Wildman–Crippen MR) is 61.9 cm³/mol. The first-order valence-corrected chi connectivity index (χ1v) is 5.35. The number of aliphatic hydroxyl groups excluding tert-OH is 1. The highest BCUT2D eigenvalue weighted by Gasteiger charge is 2.16. The van der Waals surface area contributed by atoms with Crippen molar-refractivity contribution in [2.45, 2.75) is 13.0 Å². The van der Waals surface area contributed by atoms with Gasteiger partial charge in [0.25, 0.3) is 5.89 Å². The molecule has 0 radical (unpaired) electrons. The van der Waals surface area contributed by atoms with Crippen molar-refractivity contribution in [1.29, 1.82) is 0 Å². The Morgan fingerprint density at radius 2 is 2.18 bits per heavy atom. The quantitative estimate of drug-likeness (QED) is 0.911. The summed E-state index contributed by atoms with van der Waals surface area (Å²) in [5.41, 5.74) is 0.597. The van der Waals surface area contributed by atoms with Crippen LogP contribution < -0.4 is 4.74 Å².